The molecule has 1 amide bonds. The molecule has 0 bridgehead atoms. The first-order valence-electron chi connectivity index (χ1n) is 5.99. The van der Waals surface area contributed by atoms with Gasteiger partial charge in [-0.2, -0.15) is 0 Å². The molecule has 1 aromatic rings. The average molecular weight is 218 g/mol. The van der Waals surface area contributed by atoms with Crippen LogP contribution in [0.4, 0.5) is 5.82 Å². The Hall–Kier alpha value is -1.38. The summed E-state index contributed by atoms with van der Waals surface area (Å²) in [6.07, 6.45) is 7.41. The maximum Gasteiger partial charge on any atom is 0.228 e. The third kappa shape index (κ3) is 2.81. The number of hydrogen-bond donors (Lipinski definition) is 1. The van der Waals surface area contributed by atoms with E-state index in [4.69, 9.17) is 0 Å². The Labute approximate surface area is 96.3 Å². The van der Waals surface area contributed by atoms with Crippen LogP contribution in [0.25, 0.3) is 0 Å². The normalized spacial score (nSPS) is 17.1. The Kier molecular flexibility index (Phi) is 3.54. The van der Waals surface area contributed by atoms with Crippen molar-refractivity contribution in [3.05, 3.63) is 23.9 Å². The van der Waals surface area contributed by atoms with Crippen molar-refractivity contribution in [2.45, 2.75) is 39.0 Å². The van der Waals surface area contributed by atoms with E-state index < -0.39 is 0 Å². The lowest BCUT2D eigenvalue weighted by atomic mass is 9.89. The van der Waals surface area contributed by atoms with Crippen LogP contribution in [0, 0.1) is 12.8 Å². The number of pyridine rings is 1. The van der Waals surface area contributed by atoms with Crippen LogP contribution >= 0.6 is 0 Å². The van der Waals surface area contributed by atoms with Crippen LogP contribution in [0.15, 0.2) is 18.3 Å². The number of aryl methyl sites for hydroxylation is 1. The zero-order chi connectivity index (χ0) is 11.4. The van der Waals surface area contributed by atoms with E-state index in [9.17, 15) is 4.79 Å². The molecule has 1 aliphatic carbocycles. The lowest BCUT2D eigenvalue weighted by Gasteiger charge is -2.20. The monoisotopic (exact) mass is 218 g/mol. The van der Waals surface area contributed by atoms with Gasteiger partial charge < -0.3 is 5.32 Å². The van der Waals surface area contributed by atoms with Crippen molar-refractivity contribution in [2.75, 3.05) is 5.32 Å². The molecule has 0 aliphatic heterocycles. The molecule has 0 unspecified atom stereocenters. The second kappa shape index (κ2) is 5.10. The van der Waals surface area contributed by atoms with Crippen LogP contribution in [0.1, 0.15) is 37.7 Å². The van der Waals surface area contributed by atoms with Crippen molar-refractivity contribution in [1.82, 2.24) is 4.98 Å². The number of hydrogen-bond acceptors (Lipinski definition) is 2. The highest BCUT2D eigenvalue weighted by Gasteiger charge is 2.21. The number of amides is 1. The topological polar surface area (TPSA) is 42.0 Å². The lowest BCUT2D eigenvalue weighted by Crippen LogP contribution is -2.25. The minimum Gasteiger partial charge on any atom is -0.310 e. The van der Waals surface area contributed by atoms with Gasteiger partial charge in [0, 0.05) is 12.1 Å². The van der Waals surface area contributed by atoms with Gasteiger partial charge in [-0.05, 0) is 37.5 Å². The zero-order valence-corrected chi connectivity index (χ0v) is 9.70. The summed E-state index contributed by atoms with van der Waals surface area (Å²) in [5, 5.41) is 2.90. The molecule has 3 heteroatoms. The van der Waals surface area contributed by atoms with Crippen molar-refractivity contribution in [2.24, 2.45) is 5.92 Å². The Balaban J connectivity index is 1.96. The molecule has 0 radical (unpaired) electrons. The third-order valence-electron chi connectivity index (χ3n) is 3.14. The van der Waals surface area contributed by atoms with Crippen LogP contribution < -0.4 is 5.32 Å². The van der Waals surface area contributed by atoms with Crippen LogP contribution in [0.3, 0.4) is 0 Å². The van der Waals surface area contributed by atoms with E-state index in [0.29, 0.717) is 5.82 Å². The van der Waals surface area contributed by atoms with Gasteiger partial charge in [-0.25, -0.2) is 4.98 Å². The van der Waals surface area contributed by atoms with E-state index in [-0.39, 0.29) is 11.8 Å². The Morgan fingerprint density at radius 2 is 2.12 bits per heavy atom. The largest absolute Gasteiger partial charge is 0.310 e. The predicted molar refractivity (Wildman–Crippen MR) is 64.2 cm³/mol. The van der Waals surface area contributed by atoms with Gasteiger partial charge >= 0.3 is 0 Å². The Bertz CT molecular complexity index is 370. The zero-order valence-electron chi connectivity index (χ0n) is 9.70. The summed E-state index contributed by atoms with van der Waals surface area (Å²) in [7, 11) is 0. The highest BCUT2D eigenvalue weighted by Crippen LogP contribution is 2.24. The number of aromatic nitrogens is 1. The molecule has 16 heavy (non-hydrogen) atoms. The van der Waals surface area contributed by atoms with E-state index in [1.165, 1.54) is 19.3 Å². The molecule has 0 saturated heterocycles. The number of nitrogens with zero attached hydrogens (tertiary/aromatic N) is 1. The van der Waals surface area contributed by atoms with Crippen LogP contribution in [0.5, 0.6) is 0 Å². The maximum absolute atomic E-state index is 11.9. The van der Waals surface area contributed by atoms with Gasteiger partial charge in [-0.3, -0.25) is 4.79 Å². The number of rotatable bonds is 2. The molecular formula is C13H18N2O. The van der Waals surface area contributed by atoms with Gasteiger partial charge in [0.25, 0.3) is 0 Å². The van der Waals surface area contributed by atoms with Gasteiger partial charge in [0.05, 0.1) is 0 Å². The van der Waals surface area contributed by atoms with Crippen LogP contribution in [-0.4, -0.2) is 10.9 Å². The van der Waals surface area contributed by atoms with Gasteiger partial charge in [-0.1, -0.05) is 19.3 Å². The van der Waals surface area contributed by atoms with Gasteiger partial charge in [-0.15, -0.1) is 0 Å². The molecule has 0 atom stereocenters. The van der Waals surface area contributed by atoms with Crippen molar-refractivity contribution >= 4 is 11.7 Å². The number of carbonyl (C=O) groups is 1. The van der Waals surface area contributed by atoms with E-state index in [0.717, 1.165) is 18.4 Å². The second-order valence-electron chi connectivity index (χ2n) is 4.54. The first kappa shape index (κ1) is 11.1. The van der Waals surface area contributed by atoms with Crippen molar-refractivity contribution in [3.63, 3.8) is 0 Å². The van der Waals surface area contributed by atoms with Crippen LogP contribution in [0.2, 0.25) is 0 Å². The molecular weight excluding hydrogens is 200 g/mol. The van der Waals surface area contributed by atoms with Crippen molar-refractivity contribution < 1.29 is 4.79 Å². The third-order valence-corrected chi connectivity index (χ3v) is 3.14. The molecule has 0 aromatic carbocycles. The van der Waals surface area contributed by atoms with Gasteiger partial charge in [0.2, 0.25) is 5.91 Å². The quantitative estimate of drug-likeness (QED) is 0.829. The standard InChI is InChI=1S/C13H18N2O/c1-10-7-8-14-12(9-10)15-13(16)11-5-3-2-4-6-11/h7-9,11H,2-6H2,1H3,(H,14,15,16). The number of anilines is 1. The van der Waals surface area contributed by atoms with E-state index in [2.05, 4.69) is 10.3 Å². The van der Waals surface area contributed by atoms with E-state index in [1.807, 2.05) is 19.1 Å². The summed E-state index contributed by atoms with van der Waals surface area (Å²) >= 11 is 0. The predicted octanol–water partition coefficient (Wildman–Crippen LogP) is 2.91. The summed E-state index contributed by atoms with van der Waals surface area (Å²) in [6.45, 7) is 2.00. The Morgan fingerprint density at radius 1 is 1.38 bits per heavy atom. The van der Waals surface area contributed by atoms with E-state index in [1.54, 1.807) is 6.20 Å². The molecule has 86 valence electrons. The minimum absolute atomic E-state index is 0.137. The molecule has 1 heterocycles. The number of carbonyl (C=O) groups excluding carboxylic acids is 1. The van der Waals surface area contributed by atoms with E-state index >= 15 is 0 Å². The van der Waals surface area contributed by atoms with Crippen LogP contribution in [-0.2, 0) is 4.79 Å². The minimum atomic E-state index is 0.137. The lowest BCUT2D eigenvalue weighted by molar-refractivity contribution is -0.120. The first-order valence-corrected chi connectivity index (χ1v) is 5.99. The van der Waals surface area contributed by atoms with Crippen molar-refractivity contribution in [1.29, 1.82) is 0 Å². The average Bonchev–Trinajstić information content (AvgIpc) is 2.30. The molecule has 1 fully saturated rings. The second-order valence-corrected chi connectivity index (χ2v) is 4.54. The molecule has 1 saturated carbocycles. The summed E-state index contributed by atoms with van der Waals surface area (Å²) in [5.74, 6) is 1.00. The smallest absolute Gasteiger partial charge is 0.228 e. The molecule has 0 spiro atoms. The summed E-state index contributed by atoms with van der Waals surface area (Å²) < 4.78 is 0. The fourth-order valence-electron chi connectivity index (χ4n) is 2.20. The highest BCUT2D eigenvalue weighted by atomic mass is 16.1. The molecule has 2 rings (SSSR count). The van der Waals surface area contributed by atoms with Gasteiger partial charge in [0.15, 0.2) is 0 Å². The fourth-order valence-corrected chi connectivity index (χ4v) is 2.20. The molecule has 1 aliphatic rings. The number of nitrogens with one attached hydrogen (secondary N) is 1. The summed E-state index contributed by atoms with van der Waals surface area (Å²) in [6, 6.07) is 3.83. The molecule has 1 aromatic heterocycles. The maximum atomic E-state index is 11.9. The Morgan fingerprint density at radius 3 is 2.81 bits per heavy atom. The van der Waals surface area contributed by atoms with Gasteiger partial charge in [0.1, 0.15) is 5.82 Å². The first-order chi connectivity index (χ1) is 7.75. The SMILES string of the molecule is Cc1ccnc(NC(=O)C2CCCCC2)c1. The summed E-state index contributed by atoms with van der Waals surface area (Å²) in [5.41, 5.74) is 1.12. The highest BCUT2D eigenvalue weighted by molar-refractivity contribution is 5.91. The van der Waals surface area contributed by atoms with Crippen molar-refractivity contribution in [3.8, 4) is 0 Å². The molecule has 1 N–H and O–H groups in total. The summed E-state index contributed by atoms with van der Waals surface area (Å²) in [4.78, 5) is 16.1. The molecule has 3 nitrogen and oxygen atoms in total. The fraction of sp³-hybridized carbons (Fsp3) is 0.538.